The lowest BCUT2D eigenvalue weighted by molar-refractivity contribution is -0.164. The van der Waals surface area contributed by atoms with Crippen molar-refractivity contribution in [3.8, 4) is 11.1 Å². The third kappa shape index (κ3) is 6.28. The fraction of sp³-hybridized carbons (Fsp3) is 0.556. The third-order valence-corrected chi connectivity index (χ3v) is 7.30. The molecule has 2 aromatic rings. The minimum absolute atomic E-state index is 0.151. The number of ether oxygens (including phenoxy) is 3. The zero-order valence-corrected chi connectivity index (χ0v) is 21.4. The SMILES string of the molecule is Cc1ccc(NC(=O)[C@@H]2CCN[C@H](C(F)(F)F)C2)cc1-c1cc(C2COCCO2)nc(N2CCOCC2)c1. The van der Waals surface area contributed by atoms with Gasteiger partial charge in [-0.3, -0.25) is 4.79 Å². The second kappa shape index (κ2) is 11.6. The minimum atomic E-state index is -4.37. The number of carbonyl (C=O) groups is 1. The molecule has 0 spiro atoms. The lowest BCUT2D eigenvalue weighted by atomic mass is 9.91. The molecule has 11 heteroatoms. The maximum absolute atomic E-state index is 13.2. The molecule has 1 aromatic carbocycles. The van der Waals surface area contributed by atoms with E-state index in [1.807, 2.05) is 31.2 Å². The van der Waals surface area contributed by atoms with Crippen LogP contribution >= 0.6 is 0 Å². The number of alkyl halides is 3. The normalized spacial score (nSPS) is 24.7. The highest BCUT2D eigenvalue weighted by Crippen LogP contribution is 2.34. The van der Waals surface area contributed by atoms with Crippen molar-refractivity contribution in [2.45, 2.75) is 38.1 Å². The Labute approximate surface area is 219 Å². The molecule has 3 aliphatic rings. The topological polar surface area (TPSA) is 85.0 Å². The van der Waals surface area contributed by atoms with Gasteiger partial charge in [0.15, 0.2) is 0 Å². The van der Waals surface area contributed by atoms with E-state index in [0.29, 0.717) is 45.1 Å². The second-order valence-corrected chi connectivity index (χ2v) is 9.96. The van der Waals surface area contributed by atoms with Crippen molar-refractivity contribution in [3.05, 3.63) is 41.6 Å². The Morgan fingerprint density at radius 2 is 1.92 bits per heavy atom. The molecule has 3 fully saturated rings. The Morgan fingerprint density at radius 1 is 1.11 bits per heavy atom. The van der Waals surface area contributed by atoms with E-state index in [2.05, 4.69) is 15.5 Å². The molecule has 3 aliphatic heterocycles. The quantitative estimate of drug-likeness (QED) is 0.603. The number of carbonyl (C=O) groups excluding carboxylic acids is 1. The summed E-state index contributed by atoms with van der Waals surface area (Å²) < 4.78 is 56.7. The summed E-state index contributed by atoms with van der Waals surface area (Å²) in [5.41, 5.74) is 4.12. The Kier molecular flexibility index (Phi) is 8.18. The maximum atomic E-state index is 13.2. The predicted molar refractivity (Wildman–Crippen MR) is 136 cm³/mol. The molecule has 1 amide bonds. The summed E-state index contributed by atoms with van der Waals surface area (Å²) in [7, 11) is 0. The van der Waals surface area contributed by atoms with Crippen molar-refractivity contribution in [2.75, 3.05) is 62.9 Å². The van der Waals surface area contributed by atoms with Gasteiger partial charge >= 0.3 is 6.18 Å². The predicted octanol–water partition coefficient (Wildman–Crippen LogP) is 3.85. The molecular formula is C27H33F3N4O4. The van der Waals surface area contributed by atoms with Gasteiger partial charge in [0.05, 0.1) is 38.7 Å². The van der Waals surface area contributed by atoms with Crippen molar-refractivity contribution >= 4 is 17.4 Å². The summed E-state index contributed by atoms with van der Waals surface area (Å²) in [4.78, 5) is 20.0. The summed E-state index contributed by atoms with van der Waals surface area (Å²) in [6.07, 6.45) is -4.57. The summed E-state index contributed by atoms with van der Waals surface area (Å²) in [5, 5.41) is 5.32. The molecule has 3 atom stereocenters. The van der Waals surface area contributed by atoms with Crippen molar-refractivity contribution in [1.29, 1.82) is 0 Å². The molecule has 0 saturated carbocycles. The van der Waals surface area contributed by atoms with Gasteiger partial charge in [-0.1, -0.05) is 6.07 Å². The summed E-state index contributed by atoms with van der Waals surface area (Å²) in [6.45, 7) is 6.29. The number of aromatic nitrogens is 1. The van der Waals surface area contributed by atoms with Crippen molar-refractivity contribution < 1.29 is 32.2 Å². The van der Waals surface area contributed by atoms with Gasteiger partial charge in [0.2, 0.25) is 5.91 Å². The summed E-state index contributed by atoms with van der Waals surface area (Å²) in [6, 6.07) is 7.89. The van der Waals surface area contributed by atoms with Crippen LogP contribution in [0.1, 0.15) is 30.2 Å². The molecule has 1 unspecified atom stereocenters. The standard InChI is InChI=1S/C27H33F3N4O4/c1-17-2-3-20(32-26(35)18-4-5-31-24(13-18)27(28,29)30)15-21(17)19-12-22(23-16-37-10-11-38-23)33-25(14-19)34-6-8-36-9-7-34/h2-3,12,14-15,18,23-24,31H,4-11,13,16H2,1H3,(H,32,35)/t18-,23?,24+/m1/s1. The molecule has 2 N–H and O–H groups in total. The van der Waals surface area contributed by atoms with E-state index in [1.54, 1.807) is 6.07 Å². The molecule has 1 aromatic heterocycles. The van der Waals surface area contributed by atoms with Gasteiger partial charge in [0.1, 0.15) is 18.0 Å². The van der Waals surface area contributed by atoms with Crippen molar-refractivity contribution in [1.82, 2.24) is 10.3 Å². The molecule has 0 bridgehead atoms. The number of morpholine rings is 1. The number of hydrogen-bond acceptors (Lipinski definition) is 7. The van der Waals surface area contributed by atoms with Gasteiger partial charge in [0, 0.05) is 24.7 Å². The molecule has 4 heterocycles. The molecular weight excluding hydrogens is 501 g/mol. The Hall–Kier alpha value is -2.73. The average molecular weight is 535 g/mol. The van der Waals surface area contributed by atoms with Crippen LogP contribution in [0.4, 0.5) is 24.7 Å². The van der Waals surface area contributed by atoms with E-state index in [1.165, 1.54) is 0 Å². The molecule has 3 saturated heterocycles. The van der Waals surface area contributed by atoms with Gasteiger partial charge in [-0.2, -0.15) is 13.2 Å². The fourth-order valence-corrected chi connectivity index (χ4v) is 5.13. The van der Waals surface area contributed by atoms with E-state index >= 15 is 0 Å². The first-order valence-corrected chi connectivity index (χ1v) is 13.0. The lowest BCUT2D eigenvalue weighted by Gasteiger charge is -2.31. The van der Waals surface area contributed by atoms with Crippen LogP contribution in [0.5, 0.6) is 0 Å². The maximum Gasteiger partial charge on any atom is 0.403 e. The molecule has 38 heavy (non-hydrogen) atoms. The van der Waals surface area contributed by atoms with Crippen molar-refractivity contribution in [2.24, 2.45) is 5.92 Å². The largest absolute Gasteiger partial charge is 0.403 e. The number of amides is 1. The zero-order valence-electron chi connectivity index (χ0n) is 21.4. The first-order chi connectivity index (χ1) is 18.3. The fourth-order valence-electron chi connectivity index (χ4n) is 5.13. The van der Waals surface area contributed by atoms with Gasteiger partial charge in [-0.15, -0.1) is 0 Å². The minimum Gasteiger partial charge on any atom is -0.378 e. The molecule has 0 aliphatic carbocycles. The molecule has 5 rings (SSSR count). The molecule has 8 nitrogen and oxygen atoms in total. The lowest BCUT2D eigenvalue weighted by Crippen LogP contribution is -2.49. The Morgan fingerprint density at radius 3 is 2.66 bits per heavy atom. The van der Waals surface area contributed by atoms with Gasteiger partial charge < -0.3 is 29.7 Å². The highest BCUT2D eigenvalue weighted by atomic mass is 19.4. The van der Waals surface area contributed by atoms with Crippen LogP contribution in [0, 0.1) is 12.8 Å². The van der Waals surface area contributed by atoms with Crippen LogP contribution in [0.3, 0.4) is 0 Å². The van der Waals surface area contributed by atoms with Gasteiger partial charge in [0.25, 0.3) is 0 Å². The molecule has 0 radical (unpaired) electrons. The number of nitrogens with one attached hydrogen (secondary N) is 2. The third-order valence-electron chi connectivity index (χ3n) is 7.30. The Bertz CT molecular complexity index is 1100. The van der Waals surface area contributed by atoms with E-state index in [0.717, 1.165) is 41.3 Å². The monoisotopic (exact) mass is 534 g/mol. The van der Waals surface area contributed by atoms with Gasteiger partial charge in [-0.25, -0.2) is 4.98 Å². The number of halogens is 3. The van der Waals surface area contributed by atoms with E-state index in [9.17, 15) is 18.0 Å². The van der Waals surface area contributed by atoms with Crippen LogP contribution in [0.25, 0.3) is 11.1 Å². The van der Waals surface area contributed by atoms with Crippen LogP contribution in [-0.4, -0.2) is 75.8 Å². The van der Waals surface area contributed by atoms with E-state index in [4.69, 9.17) is 19.2 Å². The Balaban J connectivity index is 1.41. The zero-order chi connectivity index (χ0) is 26.7. The number of rotatable bonds is 5. The second-order valence-electron chi connectivity index (χ2n) is 9.96. The smallest absolute Gasteiger partial charge is 0.378 e. The van der Waals surface area contributed by atoms with E-state index in [-0.39, 0.29) is 19.1 Å². The number of hydrogen-bond donors (Lipinski definition) is 2. The summed E-state index contributed by atoms with van der Waals surface area (Å²) in [5.74, 6) is -0.291. The van der Waals surface area contributed by atoms with E-state index < -0.39 is 24.0 Å². The van der Waals surface area contributed by atoms with Crippen molar-refractivity contribution in [3.63, 3.8) is 0 Å². The number of piperidine rings is 1. The summed E-state index contributed by atoms with van der Waals surface area (Å²) >= 11 is 0. The van der Waals surface area contributed by atoms with Crippen LogP contribution in [0.2, 0.25) is 0 Å². The van der Waals surface area contributed by atoms with Gasteiger partial charge in [-0.05, 0) is 67.3 Å². The number of aryl methyl sites for hydroxylation is 1. The number of nitrogens with zero attached hydrogens (tertiary/aromatic N) is 2. The van der Waals surface area contributed by atoms with Crippen LogP contribution < -0.4 is 15.5 Å². The first kappa shape index (κ1) is 26.9. The number of anilines is 2. The van der Waals surface area contributed by atoms with Crippen LogP contribution in [0.15, 0.2) is 30.3 Å². The first-order valence-electron chi connectivity index (χ1n) is 13.0. The highest BCUT2D eigenvalue weighted by Gasteiger charge is 2.43. The number of benzene rings is 1. The average Bonchev–Trinajstić information content (AvgIpc) is 2.94. The molecule has 206 valence electrons. The highest BCUT2D eigenvalue weighted by molar-refractivity contribution is 5.93. The van der Waals surface area contributed by atoms with Crippen LogP contribution in [-0.2, 0) is 19.0 Å². The number of pyridine rings is 1.